The standard InChI is InChI=1S/C15H16N6O2/c1-9-17-14(20-23-9)11-2-3-13-18-12(8-21(13)7-11)19-15(22)10-4-5-16-6-10/h2-3,7-8,10,16H,4-6H2,1H3,(H,19,22)/t10-/m0/s1. The van der Waals surface area contributed by atoms with Crippen LogP contribution in [0.1, 0.15) is 12.3 Å². The Labute approximate surface area is 131 Å². The highest BCUT2D eigenvalue weighted by Crippen LogP contribution is 2.19. The molecule has 1 aliphatic heterocycles. The van der Waals surface area contributed by atoms with Crippen LogP contribution in [-0.2, 0) is 4.79 Å². The molecule has 0 aliphatic carbocycles. The molecule has 118 valence electrons. The van der Waals surface area contributed by atoms with Gasteiger partial charge in [0.2, 0.25) is 17.6 Å². The zero-order chi connectivity index (χ0) is 15.8. The summed E-state index contributed by atoms with van der Waals surface area (Å²) in [6.07, 6.45) is 4.51. The molecule has 1 aliphatic rings. The topological polar surface area (TPSA) is 97.3 Å². The van der Waals surface area contributed by atoms with E-state index in [0.717, 1.165) is 30.7 Å². The lowest BCUT2D eigenvalue weighted by atomic mass is 10.1. The van der Waals surface area contributed by atoms with Gasteiger partial charge in [-0.25, -0.2) is 4.98 Å². The molecule has 0 saturated carbocycles. The zero-order valence-electron chi connectivity index (χ0n) is 12.6. The van der Waals surface area contributed by atoms with E-state index in [1.165, 1.54) is 0 Å². The number of rotatable bonds is 3. The fourth-order valence-electron chi connectivity index (χ4n) is 2.71. The number of carbonyl (C=O) groups is 1. The van der Waals surface area contributed by atoms with Crippen LogP contribution in [0, 0.1) is 12.8 Å². The van der Waals surface area contributed by atoms with E-state index in [1.54, 1.807) is 13.1 Å². The minimum Gasteiger partial charge on any atom is -0.339 e. The molecule has 3 aromatic rings. The molecule has 1 amide bonds. The Kier molecular flexibility index (Phi) is 3.30. The fraction of sp³-hybridized carbons (Fsp3) is 0.333. The van der Waals surface area contributed by atoms with Crippen molar-refractivity contribution in [1.29, 1.82) is 0 Å². The van der Waals surface area contributed by atoms with Crippen LogP contribution in [0.15, 0.2) is 29.0 Å². The minimum atomic E-state index is 0.00687. The number of nitrogens with one attached hydrogen (secondary N) is 2. The van der Waals surface area contributed by atoms with Crippen molar-refractivity contribution in [2.45, 2.75) is 13.3 Å². The Balaban J connectivity index is 1.59. The van der Waals surface area contributed by atoms with Crippen molar-refractivity contribution in [2.24, 2.45) is 5.92 Å². The van der Waals surface area contributed by atoms with Gasteiger partial charge in [0.15, 0.2) is 5.82 Å². The largest absolute Gasteiger partial charge is 0.339 e. The number of pyridine rings is 1. The molecular weight excluding hydrogens is 296 g/mol. The first kappa shape index (κ1) is 13.9. The van der Waals surface area contributed by atoms with Gasteiger partial charge < -0.3 is 19.6 Å². The summed E-state index contributed by atoms with van der Waals surface area (Å²) in [4.78, 5) is 20.8. The number of fused-ring (bicyclic) bond motifs is 1. The molecule has 8 nitrogen and oxygen atoms in total. The van der Waals surface area contributed by atoms with Crippen molar-refractivity contribution in [3.8, 4) is 11.4 Å². The molecule has 4 rings (SSSR count). The van der Waals surface area contributed by atoms with Crippen LogP contribution in [0.2, 0.25) is 0 Å². The summed E-state index contributed by atoms with van der Waals surface area (Å²) in [5.41, 5.74) is 1.57. The first-order valence-electron chi connectivity index (χ1n) is 7.50. The molecule has 1 atom stereocenters. The number of carbonyl (C=O) groups excluding carboxylic acids is 1. The molecule has 23 heavy (non-hydrogen) atoms. The predicted molar refractivity (Wildman–Crippen MR) is 82.8 cm³/mol. The lowest BCUT2D eigenvalue weighted by Crippen LogP contribution is -2.24. The molecule has 0 radical (unpaired) electrons. The van der Waals surface area contributed by atoms with Gasteiger partial charge in [0.25, 0.3) is 0 Å². The number of aryl methyl sites for hydroxylation is 1. The van der Waals surface area contributed by atoms with Crippen LogP contribution in [0.5, 0.6) is 0 Å². The van der Waals surface area contributed by atoms with Gasteiger partial charge in [-0.15, -0.1) is 0 Å². The number of hydrogen-bond acceptors (Lipinski definition) is 6. The molecule has 1 fully saturated rings. The lowest BCUT2D eigenvalue weighted by Gasteiger charge is -2.06. The third kappa shape index (κ3) is 2.68. The van der Waals surface area contributed by atoms with E-state index in [0.29, 0.717) is 17.5 Å². The Morgan fingerprint density at radius 2 is 2.30 bits per heavy atom. The monoisotopic (exact) mass is 312 g/mol. The van der Waals surface area contributed by atoms with Crippen LogP contribution in [0.4, 0.5) is 5.82 Å². The smallest absolute Gasteiger partial charge is 0.230 e. The quantitative estimate of drug-likeness (QED) is 0.755. The average molecular weight is 312 g/mol. The van der Waals surface area contributed by atoms with E-state index < -0.39 is 0 Å². The van der Waals surface area contributed by atoms with E-state index in [9.17, 15) is 4.79 Å². The average Bonchev–Trinajstić information content (AvgIpc) is 3.26. The summed E-state index contributed by atoms with van der Waals surface area (Å²) in [6.45, 7) is 3.36. The van der Waals surface area contributed by atoms with Crippen molar-refractivity contribution < 1.29 is 9.32 Å². The third-order valence-electron chi connectivity index (χ3n) is 3.92. The Morgan fingerprint density at radius 3 is 3.04 bits per heavy atom. The second-order valence-corrected chi connectivity index (χ2v) is 5.63. The maximum Gasteiger partial charge on any atom is 0.230 e. The molecule has 2 N–H and O–H groups in total. The Bertz CT molecular complexity index is 862. The number of nitrogens with zero attached hydrogens (tertiary/aromatic N) is 4. The van der Waals surface area contributed by atoms with Crippen LogP contribution >= 0.6 is 0 Å². The number of hydrogen-bond donors (Lipinski definition) is 2. The maximum atomic E-state index is 12.1. The fourth-order valence-corrected chi connectivity index (χ4v) is 2.71. The molecule has 8 heteroatoms. The molecule has 3 aromatic heterocycles. The summed E-state index contributed by atoms with van der Waals surface area (Å²) in [5, 5.41) is 9.96. The predicted octanol–water partition coefficient (Wildman–Crippen LogP) is 1.24. The van der Waals surface area contributed by atoms with Gasteiger partial charge in [-0.1, -0.05) is 5.16 Å². The van der Waals surface area contributed by atoms with Crippen molar-refractivity contribution in [3.63, 3.8) is 0 Å². The van der Waals surface area contributed by atoms with Crippen molar-refractivity contribution >= 4 is 17.4 Å². The van der Waals surface area contributed by atoms with Crippen molar-refractivity contribution in [1.82, 2.24) is 24.8 Å². The first-order chi connectivity index (χ1) is 11.2. The van der Waals surface area contributed by atoms with Crippen LogP contribution in [-0.4, -0.2) is 38.5 Å². The van der Waals surface area contributed by atoms with E-state index in [4.69, 9.17) is 4.52 Å². The second kappa shape index (κ2) is 5.47. The van der Waals surface area contributed by atoms with Crippen LogP contribution in [0.25, 0.3) is 17.0 Å². The van der Waals surface area contributed by atoms with E-state index in [1.807, 2.05) is 22.7 Å². The molecule has 4 heterocycles. The highest BCUT2D eigenvalue weighted by atomic mass is 16.5. The van der Waals surface area contributed by atoms with Gasteiger partial charge in [0.05, 0.1) is 12.1 Å². The lowest BCUT2D eigenvalue weighted by molar-refractivity contribution is -0.119. The maximum absolute atomic E-state index is 12.1. The summed E-state index contributed by atoms with van der Waals surface area (Å²) >= 11 is 0. The number of imidazole rings is 1. The molecule has 0 unspecified atom stereocenters. The number of aromatic nitrogens is 4. The zero-order valence-corrected chi connectivity index (χ0v) is 12.6. The molecule has 1 saturated heterocycles. The van der Waals surface area contributed by atoms with Crippen molar-refractivity contribution in [3.05, 3.63) is 30.4 Å². The molecule has 0 aromatic carbocycles. The van der Waals surface area contributed by atoms with Crippen LogP contribution in [0.3, 0.4) is 0 Å². The molecular formula is C15H16N6O2. The third-order valence-corrected chi connectivity index (χ3v) is 3.92. The first-order valence-corrected chi connectivity index (χ1v) is 7.50. The summed E-state index contributed by atoms with van der Waals surface area (Å²) in [5.74, 6) is 1.61. The highest BCUT2D eigenvalue weighted by molar-refractivity contribution is 5.92. The minimum absolute atomic E-state index is 0.00687. The number of anilines is 1. The Morgan fingerprint density at radius 1 is 1.39 bits per heavy atom. The van der Waals surface area contributed by atoms with Gasteiger partial charge in [-0.3, -0.25) is 4.79 Å². The van der Waals surface area contributed by atoms with Gasteiger partial charge in [0, 0.05) is 25.2 Å². The normalized spacial score (nSPS) is 17.7. The molecule has 0 bridgehead atoms. The number of amides is 1. The summed E-state index contributed by atoms with van der Waals surface area (Å²) in [7, 11) is 0. The van der Waals surface area contributed by atoms with Gasteiger partial charge in [0.1, 0.15) is 5.65 Å². The Hall–Kier alpha value is -2.74. The van der Waals surface area contributed by atoms with Gasteiger partial charge in [-0.05, 0) is 25.1 Å². The summed E-state index contributed by atoms with van der Waals surface area (Å²) in [6, 6.07) is 3.73. The van der Waals surface area contributed by atoms with E-state index in [2.05, 4.69) is 25.8 Å². The summed E-state index contributed by atoms with van der Waals surface area (Å²) < 4.78 is 6.83. The van der Waals surface area contributed by atoms with Crippen molar-refractivity contribution in [2.75, 3.05) is 18.4 Å². The second-order valence-electron chi connectivity index (χ2n) is 5.63. The van der Waals surface area contributed by atoms with Crippen LogP contribution < -0.4 is 10.6 Å². The molecule has 0 spiro atoms. The van der Waals surface area contributed by atoms with E-state index in [-0.39, 0.29) is 11.8 Å². The van der Waals surface area contributed by atoms with E-state index >= 15 is 0 Å². The SMILES string of the molecule is Cc1nc(-c2ccc3nc(NC(=O)[C@H]4CCNC4)cn3c2)no1. The highest BCUT2D eigenvalue weighted by Gasteiger charge is 2.23. The van der Waals surface area contributed by atoms with Gasteiger partial charge >= 0.3 is 0 Å². The van der Waals surface area contributed by atoms with Gasteiger partial charge in [-0.2, -0.15) is 4.98 Å².